The molecular formula is C11H16N2O3. The molecule has 1 saturated heterocycles. The smallest absolute Gasteiger partial charge is 0.410 e. The number of carbonyl (C=O) groups excluding carboxylic acids is 1. The van der Waals surface area contributed by atoms with E-state index in [-0.39, 0.29) is 12.0 Å². The number of hydrogen-bond donors (Lipinski definition) is 0. The largest absolute Gasteiger partial charge is 0.448 e. The number of hydrogen-bond acceptors (Lipinski definition) is 4. The molecule has 1 aromatic rings. The SMILES string of the molecule is CC(C)(C)OC(=O)N1CC(c2cnco2)C1. The number of oxazole rings is 1. The standard InChI is InChI=1S/C11H16N2O3/c1-11(2,3)16-10(14)13-5-8(6-13)9-4-12-7-15-9/h4,7-8H,5-6H2,1-3H3. The molecule has 1 aliphatic heterocycles. The molecule has 5 heteroatoms. The van der Waals surface area contributed by atoms with Crippen LogP contribution in [0, 0.1) is 0 Å². The summed E-state index contributed by atoms with van der Waals surface area (Å²) in [5.74, 6) is 1.09. The highest BCUT2D eigenvalue weighted by atomic mass is 16.6. The maximum Gasteiger partial charge on any atom is 0.410 e. The second-order valence-electron chi connectivity index (χ2n) is 4.99. The molecule has 0 spiro atoms. The van der Waals surface area contributed by atoms with Gasteiger partial charge < -0.3 is 14.1 Å². The normalized spacial score (nSPS) is 17.1. The van der Waals surface area contributed by atoms with Crippen molar-refractivity contribution in [2.75, 3.05) is 13.1 Å². The zero-order valence-corrected chi connectivity index (χ0v) is 9.77. The lowest BCUT2D eigenvalue weighted by Crippen LogP contribution is -2.50. The van der Waals surface area contributed by atoms with Crippen LogP contribution in [0.4, 0.5) is 4.79 Å². The molecule has 0 aliphatic carbocycles. The number of carbonyl (C=O) groups is 1. The average molecular weight is 224 g/mol. The molecule has 88 valence electrons. The number of amides is 1. The van der Waals surface area contributed by atoms with Gasteiger partial charge in [0.2, 0.25) is 0 Å². The third-order valence-electron chi connectivity index (χ3n) is 2.39. The molecule has 0 bridgehead atoms. The van der Waals surface area contributed by atoms with Gasteiger partial charge in [0.15, 0.2) is 6.39 Å². The van der Waals surface area contributed by atoms with Crippen LogP contribution in [0.15, 0.2) is 17.0 Å². The van der Waals surface area contributed by atoms with E-state index in [1.54, 1.807) is 11.1 Å². The summed E-state index contributed by atoms with van der Waals surface area (Å²) >= 11 is 0. The molecule has 0 aromatic carbocycles. The summed E-state index contributed by atoms with van der Waals surface area (Å²) in [5, 5.41) is 0. The summed E-state index contributed by atoms with van der Waals surface area (Å²) in [6.45, 7) is 6.87. The van der Waals surface area contributed by atoms with Gasteiger partial charge in [0, 0.05) is 13.1 Å². The maximum atomic E-state index is 11.6. The number of nitrogens with zero attached hydrogens (tertiary/aromatic N) is 2. The van der Waals surface area contributed by atoms with Gasteiger partial charge in [-0.3, -0.25) is 0 Å². The highest BCUT2D eigenvalue weighted by Crippen LogP contribution is 2.27. The molecule has 0 N–H and O–H groups in total. The van der Waals surface area contributed by atoms with Crippen LogP contribution in [0.5, 0.6) is 0 Å². The minimum atomic E-state index is -0.436. The van der Waals surface area contributed by atoms with E-state index < -0.39 is 5.60 Å². The van der Waals surface area contributed by atoms with Gasteiger partial charge in [-0.15, -0.1) is 0 Å². The van der Waals surface area contributed by atoms with E-state index >= 15 is 0 Å². The first-order chi connectivity index (χ1) is 7.46. The summed E-state index contributed by atoms with van der Waals surface area (Å²) in [6, 6.07) is 0. The second-order valence-corrected chi connectivity index (χ2v) is 4.99. The molecular weight excluding hydrogens is 208 g/mol. The fraction of sp³-hybridized carbons (Fsp3) is 0.636. The van der Waals surface area contributed by atoms with E-state index in [4.69, 9.17) is 9.15 Å². The van der Waals surface area contributed by atoms with Crippen LogP contribution in [0.1, 0.15) is 32.4 Å². The molecule has 0 radical (unpaired) electrons. The third-order valence-corrected chi connectivity index (χ3v) is 2.39. The molecule has 0 saturated carbocycles. The molecule has 0 unspecified atom stereocenters. The molecule has 0 atom stereocenters. The minimum Gasteiger partial charge on any atom is -0.448 e. The van der Waals surface area contributed by atoms with Gasteiger partial charge in [-0.2, -0.15) is 0 Å². The summed E-state index contributed by atoms with van der Waals surface area (Å²) in [6.07, 6.45) is 2.84. The lowest BCUT2D eigenvalue weighted by Gasteiger charge is -2.38. The predicted molar refractivity (Wildman–Crippen MR) is 57.1 cm³/mol. The van der Waals surface area contributed by atoms with Crippen LogP contribution in [-0.2, 0) is 4.74 Å². The highest BCUT2D eigenvalue weighted by molar-refractivity contribution is 5.69. The van der Waals surface area contributed by atoms with Crippen molar-refractivity contribution < 1.29 is 13.9 Å². The first kappa shape index (κ1) is 11.0. The van der Waals surface area contributed by atoms with E-state index in [9.17, 15) is 4.79 Å². The van der Waals surface area contributed by atoms with Crippen LogP contribution < -0.4 is 0 Å². The minimum absolute atomic E-state index is 0.259. The molecule has 16 heavy (non-hydrogen) atoms. The average Bonchev–Trinajstić information content (AvgIpc) is 2.49. The van der Waals surface area contributed by atoms with Crippen molar-refractivity contribution in [3.05, 3.63) is 18.4 Å². The van der Waals surface area contributed by atoms with Crippen LogP contribution in [-0.4, -0.2) is 34.7 Å². The second kappa shape index (κ2) is 3.81. The quantitative estimate of drug-likeness (QED) is 0.732. The lowest BCUT2D eigenvalue weighted by molar-refractivity contribution is 0.00653. The third kappa shape index (κ3) is 2.35. The highest BCUT2D eigenvalue weighted by Gasteiger charge is 2.36. The van der Waals surface area contributed by atoms with Crippen molar-refractivity contribution in [2.24, 2.45) is 0 Å². The zero-order chi connectivity index (χ0) is 11.8. The molecule has 1 aliphatic rings. The van der Waals surface area contributed by atoms with Gasteiger partial charge in [-0.05, 0) is 20.8 Å². The summed E-state index contributed by atoms with van der Waals surface area (Å²) in [4.78, 5) is 17.1. The van der Waals surface area contributed by atoms with Gasteiger partial charge in [-0.25, -0.2) is 9.78 Å². The summed E-state index contributed by atoms with van der Waals surface area (Å²) in [7, 11) is 0. The van der Waals surface area contributed by atoms with Crippen molar-refractivity contribution in [1.29, 1.82) is 0 Å². The summed E-state index contributed by atoms with van der Waals surface area (Å²) < 4.78 is 10.4. The summed E-state index contributed by atoms with van der Waals surface area (Å²) in [5.41, 5.74) is -0.436. The number of likely N-dealkylation sites (tertiary alicyclic amines) is 1. The van der Waals surface area contributed by atoms with Crippen molar-refractivity contribution in [3.8, 4) is 0 Å². The maximum absolute atomic E-state index is 11.6. The molecule has 2 rings (SSSR count). The number of aromatic nitrogens is 1. The van der Waals surface area contributed by atoms with Gasteiger partial charge in [0.05, 0.1) is 12.1 Å². The molecule has 2 heterocycles. The van der Waals surface area contributed by atoms with Crippen LogP contribution in [0.25, 0.3) is 0 Å². The fourth-order valence-electron chi connectivity index (χ4n) is 1.56. The van der Waals surface area contributed by atoms with Gasteiger partial charge >= 0.3 is 6.09 Å². The van der Waals surface area contributed by atoms with Crippen molar-refractivity contribution >= 4 is 6.09 Å². The van der Waals surface area contributed by atoms with Crippen LogP contribution in [0.3, 0.4) is 0 Å². The van der Waals surface area contributed by atoms with Gasteiger partial charge in [-0.1, -0.05) is 0 Å². The fourth-order valence-corrected chi connectivity index (χ4v) is 1.56. The Labute approximate surface area is 94.4 Å². The van der Waals surface area contributed by atoms with Crippen LogP contribution >= 0.6 is 0 Å². The van der Waals surface area contributed by atoms with Crippen LogP contribution in [0.2, 0.25) is 0 Å². The van der Waals surface area contributed by atoms with Gasteiger partial charge in [0.1, 0.15) is 11.4 Å². The zero-order valence-electron chi connectivity index (χ0n) is 9.77. The Morgan fingerprint density at radius 3 is 2.75 bits per heavy atom. The molecule has 1 aromatic heterocycles. The van der Waals surface area contributed by atoms with E-state index in [2.05, 4.69) is 4.98 Å². The van der Waals surface area contributed by atoms with E-state index in [0.29, 0.717) is 13.1 Å². The molecule has 1 amide bonds. The Morgan fingerprint density at radius 1 is 1.56 bits per heavy atom. The van der Waals surface area contributed by atoms with E-state index in [1.165, 1.54) is 6.39 Å². The van der Waals surface area contributed by atoms with Crippen molar-refractivity contribution in [3.63, 3.8) is 0 Å². The lowest BCUT2D eigenvalue weighted by atomic mass is 9.99. The van der Waals surface area contributed by atoms with Crippen molar-refractivity contribution in [1.82, 2.24) is 9.88 Å². The topological polar surface area (TPSA) is 55.6 Å². The van der Waals surface area contributed by atoms with Gasteiger partial charge in [0.25, 0.3) is 0 Å². The first-order valence-corrected chi connectivity index (χ1v) is 5.32. The Kier molecular flexibility index (Phi) is 2.61. The Hall–Kier alpha value is -1.52. The molecule has 5 nitrogen and oxygen atoms in total. The van der Waals surface area contributed by atoms with Crippen molar-refractivity contribution in [2.45, 2.75) is 32.3 Å². The number of rotatable bonds is 1. The monoisotopic (exact) mass is 224 g/mol. The molecule has 1 fully saturated rings. The Balaban J connectivity index is 1.82. The number of ether oxygens (including phenoxy) is 1. The van der Waals surface area contributed by atoms with E-state index in [0.717, 1.165) is 5.76 Å². The first-order valence-electron chi connectivity index (χ1n) is 5.32. The Bertz CT molecular complexity index is 361. The predicted octanol–water partition coefficient (Wildman–Crippen LogP) is 2.01. The van der Waals surface area contributed by atoms with E-state index in [1.807, 2.05) is 20.8 Å². The Morgan fingerprint density at radius 2 is 2.25 bits per heavy atom.